The number of aliphatic imine (C=N–C) groups is 1. The summed E-state index contributed by atoms with van der Waals surface area (Å²) in [5, 5.41) is 10.6. The van der Waals surface area contributed by atoms with Crippen molar-refractivity contribution in [1.82, 2.24) is 25.3 Å². The van der Waals surface area contributed by atoms with Gasteiger partial charge in [-0.1, -0.05) is 0 Å². The molecule has 1 aromatic heterocycles. The topological polar surface area (TPSA) is 57.5 Å². The average Bonchev–Trinajstić information content (AvgIpc) is 3.02. The molecule has 0 fully saturated rings. The minimum absolute atomic E-state index is 0.128. The summed E-state index contributed by atoms with van der Waals surface area (Å²) in [5.74, 6) is -0.229. The van der Waals surface area contributed by atoms with Gasteiger partial charge in [0.05, 0.1) is 12.2 Å². The molecule has 6 nitrogen and oxygen atoms in total. The molecule has 2 aromatic rings. The molecule has 0 aliphatic carbocycles. The Morgan fingerprint density at radius 3 is 2.69 bits per heavy atom. The molecule has 1 heterocycles. The van der Waals surface area contributed by atoms with Crippen LogP contribution in [0.4, 0.5) is 8.78 Å². The smallest absolute Gasteiger partial charge is 0.191 e. The molecular weight excluding hydrogens is 338 g/mol. The fourth-order valence-corrected chi connectivity index (χ4v) is 2.68. The van der Waals surface area contributed by atoms with Crippen LogP contribution in [0.2, 0.25) is 0 Å². The van der Waals surface area contributed by atoms with Crippen molar-refractivity contribution >= 4 is 5.96 Å². The molecule has 8 heteroatoms. The van der Waals surface area contributed by atoms with E-state index >= 15 is 0 Å². The highest BCUT2D eigenvalue weighted by molar-refractivity contribution is 5.79. The zero-order valence-corrected chi connectivity index (χ0v) is 15.6. The van der Waals surface area contributed by atoms with Crippen LogP contribution in [0.25, 0.3) is 0 Å². The Kier molecular flexibility index (Phi) is 7.08. The molecule has 0 saturated carbocycles. The van der Waals surface area contributed by atoms with E-state index in [1.807, 2.05) is 33.5 Å². The fourth-order valence-electron chi connectivity index (χ4n) is 2.68. The monoisotopic (exact) mass is 364 g/mol. The van der Waals surface area contributed by atoms with Gasteiger partial charge >= 0.3 is 0 Å². The Bertz CT molecular complexity index is 741. The van der Waals surface area contributed by atoms with Gasteiger partial charge in [-0.25, -0.2) is 8.78 Å². The van der Waals surface area contributed by atoms with Crippen molar-refractivity contribution in [2.24, 2.45) is 12.0 Å². The lowest BCUT2D eigenvalue weighted by Crippen LogP contribution is -2.42. The summed E-state index contributed by atoms with van der Waals surface area (Å²) in [7, 11) is 7.56. The second-order valence-corrected chi connectivity index (χ2v) is 6.29. The summed E-state index contributed by atoms with van der Waals surface area (Å²) in [6.45, 7) is 1.08. The number of benzene rings is 1. The molecule has 0 aliphatic heterocycles. The van der Waals surface area contributed by atoms with Gasteiger partial charge in [-0.15, -0.1) is 0 Å². The SMILES string of the molecule is CN=C(NCCc1cc(F)ccc1F)NCC(c1cnn(C)c1)N(C)C. The third-order valence-corrected chi connectivity index (χ3v) is 4.11. The van der Waals surface area contributed by atoms with Crippen molar-refractivity contribution in [2.75, 3.05) is 34.2 Å². The molecule has 1 unspecified atom stereocenters. The van der Waals surface area contributed by atoms with E-state index in [4.69, 9.17) is 0 Å². The molecule has 1 atom stereocenters. The van der Waals surface area contributed by atoms with Gasteiger partial charge in [0.1, 0.15) is 11.6 Å². The van der Waals surface area contributed by atoms with Crippen LogP contribution in [0, 0.1) is 11.6 Å². The van der Waals surface area contributed by atoms with Crippen LogP contribution in [-0.2, 0) is 13.5 Å². The maximum atomic E-state index is 13.7. The van der Waals surface area contributed by atoms with Gasteiger partial charge in [0.2, 0.25) is 0 Å². The summed E-state index contributed by atoms with van der Waals surface area (Å²) in [6, 6.07) is 3.61. The summed E-state index contributed by atoms with van der Waals surface area (Å²) in [5.41, 5.74) is 1.44. The number of nitrogens with one attached hydrogen (secondary N) is 2. The summed E-state index contributed by atoms with van der Waals surface area (Å²) in [6.07, 6.45) is 4.19. The van der Waals surface area contributed by atoms with Gasteiger partial charge in [-0.2, -0.15) is 5.10 Å². The van der Waals surface area contributed by atoms with E-state index in [9.17, 15) is 8.78 Å². The highest BCUT2D eigenvalue weighted by Gasteiger charge is 2.16. The van der Waals surface area contributed by atoms with E-state index in [2.05, 4.69) is 25.6 Å². The van der Waals surface area contributed by atoms with Crippen molar-refractivity contribution < 1.29 is 8.78 Å². The fraction of sp³-hybridized carbons (Fsp3) is 0.444. The zero-order chi connectivity index (χ0) is 19.1. The van der Waals surface area contributed by atoms with Crippen molar-refractivity contribution in [3.8, 4) is 0 Å². The van der Waals surface area contributed by atoms with Crippen molar-refractivity contribution in [3.63, 3.8) is 0 Å². The van der Waals surface area contributed by atoms with Crippen molar-refractivity contribution in [2.45, 2.75) is 12.5 Å². The Morgan fingerprint density at radius 2 is 2.08 bits per heavy atom. The highest BCUT2D eigenvalue weighted by atomic mass is 19.1. The molecule has 2 N–H and O–H groups in total. The second-order valence-electron chi connectivity index (χ2n) is 6.29. The van der Waals surface area contributed by atoms with E-state index in [1.54, 1.807) is 11.7 Å². The van der Waals surface area contributed by atoms with Crippen molar-refractivity contribution in [3.05, 3.63) is 53.4 Å². The summed E-state index contributed by atoms with van der Waals surface area (Å²) < 4.78 is 28.6. The second kappa shape index (κ2) is 9.28. The number of guanidine groups is 1. The number of nitrogens with zero attached hydrogens (tertiary/aromatic N) is 4. The number of aryl methyl sites for hydroxylation is 1. The molecule has 0 amide bonds. The predicted molar refractivity (Wildman–Crippen MR) is 99.1 cm³/mol. The van der Waals surface area contributed by atoms with Gasteiger partial charge in [0, 0.05) is 38.9 Å². The number of likely N-dealkylation sites (N-methyl/N-ethyl adjacent to an activating group) is 1. The molecule has 2 rings (SSSR count). The Morgan fingerprint density at radius 1 is 1.31 bits per heavy atom. The van der Waals surface area contributed by atoms with Gasteiger partial charge in [0.15, 0.2) is 5.96 Å². The lowest BCUT2D eigenvalue weighted by molar-refractivity contribution is 0.298. The number of rotatable bonds is 7. The van der Waals surface area contributed by atoms with Gasteiger partial charge in [-0.05, 0) is 44.3 Å². The first-order chi connectivity index (χ1) is 12.4. The molecule has 26 heavy (non-hydrogen) atoms. The van der Waals surface area contributed by atoms with Crippen LogP contribution in [0.5, 0.6) is 0 Å². The average molecular weight is 364 g/mol. The minimum Gasteiger partial charge on any atom is -0.356 e. The standard InChI is InChI=1S/C18H26F2N6/c1-21-18(22-8-7-13-9-15(19)5-6-16(13)20)23-11-17(25(2)3)14-10-24-26(4)12-14/h5-6,9-10,12,17H,7-8,11H2,1-4H3,(H2,21,22,23). The first-order valence-electron chi connectivity index (χ1n) is 8.44. The zero-order valence-electron chi connectivity index (χ0n) is 15.6. The predicted octanol–water partition coefficient (Wildman–Crippen LogP) is 1.71. The lowest BCUT2D eigenvalue weighted by Gasteiger charge is -2.24. The maximum Gasteiger partial charge on any atom is 0.191 e. The van der Waals surface area contributed by atoms with Crippen LogP contribution in [0.3, 0.4) is 0 Å². The highest BCUT2D eigenvalue weighted by Crippen LogP contribution is 2.16. The number of hydrogen-bond acceptors (Lipinski definition) is 3. The number of aromatic nitrogens is 2. The third kappa shape index (κ3) is 5.52. The number of halogens is 2. The van der Waals surface area contributed by atoms with Crippen LogP contribution in [0.15, 0.2) is 35.6 Å². The first-order valence-corrected chi connectivity index (χ1v) is 8.44. The van der Waals surface area contributed by atoms with Gasteiger partial charge in [-0.3, -0.25) is 9.67 Å². The van der Waals surface area contributed by atoms with E-state index in [-0.39, 0.29) is 6.04 Å². The normalized spacial score (nSPS) is 13.1. The van der Waals surface area contributed by atoms with E-state index in [1.165, 1.54) is 6.07 Å². The van der Waals surface area contributed by atoms with Crippen LogP contribution < -0.4 is 10.6 Å². The molecule has 0 radical (unpaired) electrons. The molecule has 0 bridgehead atoms. The van der Waals surface area contributed by atoms with Crippen LogP contribution in [-0.4, -0.2) is 54.9 Å². The Labute approximate surface area is 152 Å². The third-order valence-electron chi connectivity index (χ3n) is 4.11. The number of hydrogen-bond donors (Lipinski definition) is 2. The van der Waals surface area contributed by atoms with E-state index in [0.29, 0.717) is 31.0 Å². The summed E-state index contributed by atoms with van der Waals surface area (Å²) >= 11 is 0. The minimum atomic E-state index is -0.436. The lowest BCUT2D eigenvalue weighted by atomic mass is 10.1. The first kappa shape index (κ1) is 19.8. The Hall–Kier alpha value is -2.48. The largest absolute Gasteiger partial charge is 0.356 e. The molecule has 0 spiro atoms. The molecule has 0 saturated heterocycles. The maximum absolute atomic E-state index is 13.7. The van der Waals surface area contributed by atoms with E-state index in [0.717, 1.165) is 17.7 Å². The van der Waals surface area contributed by atoms with Crippen LogP contribution in [0.1, 0.15) is 17.2 Å². The van der Waals surface area contributed by atoms with E-state index < -0.39 is 11.6 Å². The molecule has 0 aliphatic rings. The molecule has 1 aromatic carbocycles. The van der Waals surface area contributed by atoms with Crippen molar-refractivity contribution in [1.29, 1.82) is 0 Å². The quantitative estimate of drug-likeness (QED) is 0.580. The molecular formula is C18H26F2N6. The molecule has 142 valence electrons. The van der Waals surface area contributed by atoms with Crippen LogP contribution >= 0.6 is 0 Å². The van der Waals surface area contributed by atoms with Gasteiger partial charge < -0.3 is 15.5 Å². The Balaban J connectivity index is 1.87. The summed E-state index contributed by atoms with van der Waals surface area (Å²) in [4.78, 5) is 6.27. The van der Waals surface area contributed by atoms with Gasteiger partial charge in [0.25, 0.3) is 0 Å².